The summed E-state index contributed by atoms with van der Waals surface area (Å²) in [5, 5.41) is 3.45. The molecular formula is C13H20BrClN2. The zero-order chi connectivity index (χ0) is 12.8. The van der Waals surface area contributed by atoms with Crippen molar-refractivity contribution in [3.8, 4) is 0 Å². The Labute approximate surface area is 117 Å². The van der Waals surface area contributed by atoms with E-state index >= 15 is 0 Å². The predicted octanol–water partition coefficient (Wildman–Crippen LogP) is 4.61. The van der Waals surface area contributed by atoms with Gasteiger partial charge in [0.25, 0.3) is 0 Å². The van der Waals surface area contributed by atoms with Crippen molar-refractivity contribution in [2.75, 3.05) is 11.9 Å². The Morgan fingerprint density at radius 3 is 2.59 bits per heavy atom. The Morgan fingerprint density at radius 2 is 2.06 bits per heavy atom. The molecule has 96 valence electrons. The minimum atomic E-state index is 0.153. The van der Waals surface area contributed by atoms with Crippen LogP contribution in [0.5, 0.6) is 0 Å². The number of hydrogen-bond donors (Lipinski definition) is 1. The number of rotatable bonds is 6. The molecule has 0 saturated heterocycles. The summed E-state index contributed by atoms with van der Waals surface area (Å²) in [4.78, 5) is 4.34. The number of aromatic nitrogens is 1. The van der Waals surface area contributed by atoms with Crippen LogP contribution in [0.2, 0.25) is 0 Å². The maximum Gasteiger partial charge on any atom is 0.140 e. The maximum atomic E-state index is 6.38. The van der Waals surface area contributed by atoms with Crippen molar-refractivity contribution in [1.82, 2.24) is 4.98 Å². The number of aryl methyl sites for hydroxylation is 1. The molecule has 17 heavy (non-hydrogen) atoms. The fraction of sp³-hybridized carbons (Fsp3) is 0.615. The van der Waals surface area contributed by atoms with Gasteiger partial charge in [0, 0.05) is 12.7 Å². The lowest BCUT2D eigenvalue weighted by molar-refractivity contribution is 0.475. The zero-order valence-corrected chi connectivity index (χ0v) is 13.0. The van der Waals surface area contributed by atoms with Crippen LogP contribution in [0.1, 0.15) is 32.3 Å². The van der Waals surface area contributed by atoms with E-state index < -0.39 is 0 Å². The SMILES string of the molecule is CCC(CC)C(Cl)CNc1ncc(C)cc1Br. The highest BCUT2D eigenvalue weighted by Gasteiger charge is 2.15. The van der Waals surface area contributed by atoms with E-state index in [0.717, 1.165) is 35.2 Å². The second-order valence-corrected chi connectivity index (χ2v) is 5.73. The van der Waals surface area contributed by atoms with Crippen LogP contribution in [0.15, 0.2) is 16.7 Å². The predicted molar refractivity (Wildman–Crippen MR) is 78.9 cm³/mol. The number of nitrogens with one attached hydrogen (secondary N) is 1. The highest BCUT2D eigenvalue weighted by molar-refractivity contribution is 9.10. The number of nitrogens with zero attached hydrogens (tertiary/aromatic N) is 1. The first kappa shape index (κ1) is 14.8. The summed E-state index contributed by atoms with van der Waals surface area (Å²) >= 11 is 9.88. The molecule has 0 aliphatic carbocycles. The number of halogens is 2. The summed E-state index contributed by atoms with van der Waals surface area (Å²) in [5.41, 5.74) is 1.14. The molecule has 0 amide bonds. The first-order chi connectivity index (χ1) is 8.08. The molecule has 0 aliphatic rings. The molecule has 1 heterocycles. The van der Waals surface area contributed by atoms with Gasteiger partial charge in [0.1, 0.15) is 5.82 Å². The van der Waals surface area contributed by atoms with Crippen LogP contribution in [0.25, 0.3) is 0 Å². The molecule has 2 nitrogen and oxygen atoms in total. The van der Waals surface area contributed by atoms with Crippen molar-refractivity contribution in [2.45, 2.75) is 39.0 Å². The van der Waals surface area contributed by atoms with Gasteiger partial charge in [-0.15, -0.1) is 11.6 Å². The molecule has 0 radical (unpaired) electrons. The van der Waals surface area contributed by atoms with Crippen molar-refractivity contribution in [2.24, 2.45) is 5.92 Å². The lowest BCUT2D eigenvalue weighted by Crippen LogP contribution is -2.23. The highest BCUT2D eigenvalue weighted by Crippen LogP contribution is 2.23. The van der Waals surface area contributed by atoms with E-state index in [2.05, 4.69) is 46.1 Å². The normalized spacial score (nSPS) is 12.8. The van der Waals surface area contributed by atoms with Gasteiger partial charge in [-0.3, -0.25) is 0 Å². The maximum absolute atomic E-state index is 6.38. The van der Waals surface area contributed by atoms with Crippen LogP contribution in [0, 0.1) is 12.8 Å². The first-order valence-corrected chi connectivity index (χ1v) is 7.31. The van der Waals surface area contributed by atoms with Gasteiger partial charge in [-0.1, -0.05) is 26.7 Å². The van der Waals surface area contributed by atoms with E-state index in [9.17, 15) is 0 Å². The largest absolute Gasteiger partial charge is 0.368 e. The summed E-state index contributed by atoms with van der Waals surface area (Å²) < 4.78 is 0.992. The fourth-order valence-corrected chi connectivity index (χ4v) is 2.86. The van der Waals surface area contributed by atoms with Gasteiger partial charge in [0.15, 0.2) is 0 Å². The highest BCUT2D eigenvalue weighted by atomic mass is 79.9. The third kappa shape index (κ3) is 4.47. The number of anilines is 1. The van der Waals surface area contributed by atoms with E-state index in [1.54, 1.807) is 0 Å². The lowest BCUT2D eigenvalue weighted by Gasteiger charge is -2.20. The van der Waals surface area contributed by atoms with E-state index in [4.69, 9.17) is 11.6 Å². The summed E-state index contributed by atoms with van der Waals surface area (Å²) in [6.07, 6.45) is 4.09. The van der Waals surface area contributed by atoms with Crippen LogP contribution < -0.4 is 5.32 Å². The molecule has 1 aromatic rings. The molecule has 0 saturated carbocycles. The molecule has 1 aromatic heterocycles. The van der Waals surface area contributed by atoms with Crippen molar-refractivity contribution < 1.29 is 0 Å². The summed E-state index contributed by atoms with van der Waals surface area (Å²) in [5.74, 6) is 1.43. The van der Waals surface area contributed by atoms with E-state index in [0.29, 0.717) is 5.92 Å². The second kappa shape index (κ2) is 7.22. The average Bonchev–Trinajstić information content (AvgIpc) is 2.29. The second-order valence-electron chi connectivity index (χ2n) is 4.32. The summed E-state index contributed by atoms with van der Waals surface area (Å²) in [6.45, 7) is 7.14. The van der Waals surface area contributed by atoms with Crippen LogP contribution in [-0.2, 0) is 0 Å². The quantitative estimate of drug-likeness (QED) is 0.775. The molecule has 0 fully saturated rings. The Kier molecular flexibility index (Phi) is 6.28. The molecule has 0 aliphatic heterocycles. The molecule has 1 atom stereocenters. The van der Waals surface area contributed by atoms with Gasteiger partial charge < -0.3 is 5.32 Å². The van der Waals surface area contributed by atoms with Crippen LogP contribution in [-0.4, -0.2) is 16.9 Å². The van der Waals surface area contributed by atoms with Gasteiger partial charge in [-0.05, 0) is 40.4 Å². The van der Waals surface area contributed by atoms with E-state index in [1.165, 1.54) is 0 Å². The van der Waals surface area contributed by atoms with E-state index in [-0.39, 0.29) is 5.38 Å². The van der Waals surface area contributed by atoms with Crippen LogP contribution in [0.4, 0.5) is 5.82 Å². The Balaban J connectivity index is 2.55. The molecule has 1 unspecified atom stereocenters. The molecule has 1 N–H and O–H groups in total. The van der Waals surface area contributed by atoms with Gasteiger partial charge in [-0.25, -0.2) is 4.98 Å². The van der Waals surface area contributed by atoms with E-state index in [1.807, 2.05) is 13.1 Å². The van der Waals surface area contributed by atoms with Gasteiger partial charge in [-0.2, -0.15) is 0 Å². The Hall–Kier alpha value is -0.280. The molecular weight excluding hydrogens is 300 g/mol. The molecule has 1 rings (SSSR count). The average molecular weight is 320 g/mol. The topological polar surface area (TPSA) is 24.9 Å². The lowest BCUT2D eigenvalue weighted by atomic mass is 9.99. The van der Waals surface area contributed by atoms with Gasteiger partial charge in [0.05, 0.1) is 9.85 Å². The summed E-state index contributed by atoms with van der Waals surface area (Å²) in [6, 6.07) is 2.05. The van der Waals surface area contributed by atoms with Crippen molar-refractivity contribution >= 4 is 33.3 Å². The zero-order valence-electron chi connectivity index (χ0n) is 10.6. The molecule has 0 bridgehead atoms. The Bertz CT molecular complexity index is 353. The minimum absolute atomic E-state index is 0.153. The molecule has 4 heteroatoms. The van der Waals surface area contributed by atoms with Crippen molar-refractivity contribution in [3.63, 3.8) is 0 Å². The minimum Gasteiger partial charge on any atom is -0.368 e. The Morgan fingerprint density at radius 1 is 1.41 bits per heavy atom. The van der Waals surface area contributed by atoms with Gasteiger partial charge in [0.2, 0.25) is 0 Å². The summed E-state index contributed by atoms with van der Waals surface area (Å²) in [7, 11) is 0. The monoisotopic (exact) mass is 318 g/mol. The van der Waals surface area contributed by atoms with Crippen molar-refractivity contribution in [1.29, 1.82) is 0 Å². The third-order valence-electron chi connectivity index (χ3n) is 3.00. The first-order valence-electron chi connectivity index (χ1n) is 6.08. The van der Waals surface area contributed by atoms with Crippen LogP contribution >= 0.6 is 27.5 Å². The van der Waals surface area contributed by atoms with Gasteiger partial charge >= 0.3 is 0 Å². The smallest absolute Gasteiger partial charge is 0.140 e. The number of alkyl halides is 1. The van der Waals surface area contributed by atoms with Crippen LogP contribution in [0.3, 0.4) is 0 Å². The van der Waals surface area contributed by atoms with Crippen molar-refractivity contribution in [3.05, 3.63) is 22.3 Å². The standard InChI is InChI=1S/C13H20BrClN2/c1-4-10(5-2)12(15)8-17-13-11(14)6-9(3)7-16-13/h6-7,10,12H,4-5,8H2,1-3H3,(H,16,17). The fourth-order valence-electron chi connectivity index (χ4n) is 1.82. The third-order valence-corrected chi connectivity index (χ3v) is 4.12. The number of pyridine rings is 1. The number of hydrogen-bond acceptors (Lipinski definition) is 2. The molecule has 0 spiro atoms. The molecule has 0 aromatic carbocycles.